The highest BCUT2D eigenvalue weighted by atomic mass is 16.1. The summed E-state index contributed by atoms with van der Waals surface area (Å²) in [4.78, 5) is 25.1. The lowest BCUT2D eigenvalue weighted by atomic mass is 10.0. The third-order valence-electron chi connectivity index (χ3n) is 5.23. The molecule has 5 heteroatoms. The van der Waals surface area contributed by atoms with Gasteiger partial charge in [-0.25, -0.2) is 4.79 Å². The summed E-state index contributed by atoms with van der Waals surface area (Å²) in [6.45, 7) is 0. The van der Waals surface area contributed by atoms with E-state index in [2.05, 4.69) is 22.1 Å². The minimum Gasteiger partial charge on any atom is -0.305 e. The molecule has 0 saturated carbocycles. The number of aliphatic imine (C=N–C) groups is 1. The van der Waals surface area contributed by atoms with Crippen molar-refractivity contribution in [2.75, 3.05) is 0 Å². The predicted octanol–water partition coefficient (Wildman–Crippen LogP) is 4.60. The molecule has 5 nitrogen and oxygen atoms in total. The summed E-state index contributed by atoms with van der Waals surface area (Å²) < 4.78 is 1.71. The lowest BCUT2D eigenvalue weighted by Gasteiger charge is -2.11. The molecule has 1 aliphatic heterocycles. The van der Waals surface area contributed by atoms with Gasteiger partial charge >= 0.3 is 5.69 Å². The van der Waals surface area contributed by atoms with Crippen LogP contribution in [-0.2, 0) is 0 Å². The van der Waals surface area contributed by atoms with E-state index in [1.807, 2.05) is 67.0 Å². The molecule has 0 unspecified atom stereocenters. The summed E-state index contributed by atoms with van der Waals surface area (Å²) >= 11 is 0. The van der Waals surface area contributed by atoms with Gasteiger partial charge in [0, 0.05) is 28.9 Å². The van der Waals surface area contributed by atoms with Crippen LogP contribution in [0.5, 0.6) is 0 Å². The first-order valence-electron chi connectivity index (χ1n) is 9.06. The predicted molar refractivity (Wildman–Crippen MR) is 112 cm³/mol. The molecule has 6 rings (SSSR count). The van der Waals surface area contributed by atoms with Crippen LogP contribution >= 0.6 is 0 Å². The lowest BCUT2D eigenvalue weighted by Crippen LogP contribution is -2.14. The van der Waals surface area contributed by atoms with E-state index in [9.17, 15) is 4.79 Å². The molecule has 0 amide bonds. The number of benzene rings is 3. The molecule has 0 saturated heterocycles. The van der Waals surface area contributed by atoms with E-state index < -0.39 is 0 Å². The number of H-pyrrole nitrogens is 1. The van der Waals surface area contributed by atoms with Gasteiger partial charge in [0.05, 0.1) is 28.1 Å². The van der Waals surface area contributed by atoms with Crippen molar-refractivity contribution in [2.45, 2.75) is 0 Å². The van der Waals surface area contributed by atoms with Gasteiger partial charge in [-0.15, -0.1) is 0 Å². The van der Waals surface area contributed by atoms with E-state index in [1.165, 1.54) is 0 Å². The smallest absolute Gasteiger partial charge is 0.305 e. The van der Waals surface area contributed by atoms with Crippen molar-refractivity contribution < 1.29 is 0 Å². The minimum absolute atomic E-state index is 0.169. The van der Waals surface area contributed by atoms with E-state index in [0.717, 1.165) is 50.0 Å². The summed E-state index contributed by atoms with van der Waals surface area (Å²) in [5.41, 5.74) is 5.61. The molecule has 2 aromatic heterocycles. The Kier molecular flexibility index (Phi) is 2.97. The first-order chi connectivity index (χ1) is 13.8. The highest BCUT2D eigenvalue weighted by Gasteiger charge is 2.20. The number of hydrogen-bond donors (Lipinski definition) is 1. The molecular weight excluding hydrogens is 348 g/mol. The second-order valence-corrected chi connectivity index (χ2v) is 6.86. The molecular formula is C23H14N4O. The van der Waals surface area contributed by atoms with Crippen LogP contribution in [0.2, 0.25) is 0 Å². The minimum atomic E-state index is -0.169. The fourth-order valence-corrected chi connectivity index (χ4v) is 3.94. The third-order valence-corrected chi connectivity index (χ3v) is 5.23. The Morgan fingerprint density at radius 2 is 1.75 bits per heavy atom. The maximum absolute atomic E-state index is 12.7. The zero-order valence-electron chi connectivity index (χ0n) is 14.8. The second-order valence-electron chi connectivity index (χ2n) is 6.86. The molecule has 0 fully saturated rings. The molecule has 132 valence electrons. The van der Waals surface area contributed by atoms with Gasteiger partial charge in [-0.3, -0.25) is 14.5 Å². The quantitative estimate of drug-likeness (QED) is 0.465. The maximum Gasteiger partial charge on any atom is 0.331 e. The van der Waals surface area contributed by atoms with E-state index in [4.69, 9.17) is 4.99 Å². The zero-order chi connectivity index (χ0) is 18.7. The number of para-hydroxylation sites is 2. The van der Waals surface area contributed by atoms with Gasteiger partial charge in [-0.1, -0.05) is 48.5 Å². The summed E-state index contributed by atoms with van der Waals surface area (Å²) in [5, 5.41) is 2.21. The van der Waals surface area contributed by atoms with E-state index >= 15 is 0 Å². The normalized spacial score (nSPS) is 12.3. The summed E-state index contributed by atoms with van der Waals surface area (Å²) in [6.07, 6.45) is 3.70. The molecule has 1 N–H and O–H groups in total. The Labute approximate surface area is 159 Å². The number of nitrogens with zero attached hydrogens (tertiary/aromatic N) is 3. The molecule has 3 aromatic carbocycles. The van der Waals surface area contributed by atoms with Crippen LogP contribution in [0.4, 0.5) is 5.69 Å². The molecule has 0 aliphatic carbocycles. The monoisotopic (exact) mass is 362 g/mol. The van der Waals surface area contributed by atoms with Gasteiger partial charge < -0.3 is 4.98 Å². The Bertz CT molecular complexity index is 1490. The summed E-state index contributed by atoms with van der Waals surface area (Å²) in [5.74, 6) is 0. The van der Waals surface area contributed by atoms with Crippen LogP contribution in [0.3, 0.4) is 0 Å². The Morgan fingerprint density at radius 3 is 2.68 bits per heavy atom. The van der Waals surface area contributed by atoms with Crippen LogP contribution in [0.25, 0.3) is 38.8 Å². The molecule has 1 aliphatic rings. The molecule has 3 heterocycles. The van der Waals surface area contributed by atoms with Crippen LogP contribution in [0.1, 0.15) is 5.56 Å². The highest BCUT2D eigenvalue weighted by Crippen LogP contribution is 2.38. The number of aromatic amines is 1. The zero-order valence-corrected chi connectivity index (χ0v) is 14.8. The number of rotatable bonds is 1. The number of aromatic nitrogens is 3. The van der Waals surface area contributed by atoms with Gasteiger partial charge in [-0.2, -0.15) is 0 Å². The number of imidazole rings is 1. The standard InChI is InChI=1S/C23H14N4O/c28-23-26-18-9-3-7-16-13-25-21-17(8-4-10-20(21)27(23)22(16)18)19-11-14-5-1-2-6-15(14)12-24-19/h1-13H,(H,26,28). The van der Waals surface area contributed by atoms with Crippen LogP contribution in [0, 0.1) is 0 Å². The van der Waals surface area contributed by atoms with Crippen molar-refractivity contribution in [1.29, 1.82) is 0 Å². The summed E-state index contributed by atoms with van der Waals surface area (Å²) in [6, 6.07) is 21.9. The fourth-order valence-electron chi connectivity index (χ4n) is 3.94. The number of pyridine rings is 1. The highest BCUT2D eigenvalue weighted by molar-refractivity contribution is 6.02. The SMILES string of the molecule is O=c1[nH]c2cccc3c2n1-c1cccc(-c2cc4ccccc4cn2)c1N=C3. The second kappa shape index (κ2) is 5.50. The van der Waals surface area contributed by atoms with Crippen molar-refractivity contribution in [2.24, 2.45) is 4.99 Å². The van der Waals surface area contributed by atoms with E-state index in [1.54, 1.807) is 4.57 Å². The molecule has 0 radical (unpaired) electrons. The van der Waals surface area contributed by atoms with Crippen molar-refractivity contribution in [3.63, 3.8) is 0 Å². The first-order valence-corrected chi connectivity index (χ1v) is 9.06. The van der Waals surface area contributed by atoms with Gasteiger partial charge in [0.1, 0.15) is 0 Å². The maximum atomic E-state index is 12.7. The van der Waals surface area contributed by atoms with Gasteiger partial charge in [-0.05, 0) is 23.6 Å². The van der Waals surface area contributed by atoms with Crippen LogP contribution in [0.15, 0.2) is 82.7 Å². The average molecular weight is 362 g/mol. The number of hydrogen-bond acceptors (Lipinski definition) is 3. The Hall–Kier alpha value is -3.99. The molecule has 28 heavy (non-hydrogen) atoms. The van der Waals surface area contributed by atoms with Gasteiger partial charge in [0.2, 0.25) is 0 Å². The Balaban J connectivity index is 1.68. The van der Waals surface area contributed by atoms with E-state index in [0.29, 0.717) is 0 Å². The first kappa shape index (κ1) is 15.1. The summed E-state index contributed by atoms with van der Waals surface area (Å²) in [7, 11) is 0. The topological polar surface area (TPSA) is 63.0 Å². The van der Waals surface area contributed by atoms with Gasteiger partial charge in [0.15, 0.2) is 0 Å². The molecule has 0 atom stereocenters. The van der Waals surface area contributed by atoms with E-state index in [-0.39, 0.29) is 5.69 Å². The largest absolute Gasteiger partial charge is 0.331 e. The van der Waals surface area contributed by atoms with Crippen LogP contribution < -0.4 is 5.69 Å². The van der Waals surface area contributed by atoms with Crippen molar-refractivity contribution in [3.8, 4) is 16.9 Å². The molecule has 0 bridgehead atoms. The third kappa shape index (κ3) is 2.04. The van der Waals surface area contributed by atoms with Crippen molar-refractivity contribution in [3.05, 3.63) is 89.0 Å². The molecule has 0 spiro atoms. The van der Waals surface area contributed by atoms with Gasteiger partial charge in [0.25, 0.3) is 0 Å². The Morgan fingerprint density at radius 1 is 0.893 bits per heavy atom. The lowest BCUT2D eigenvalue weighted by molar-refractivity contribution is 1.02. The fraction of sp³-hybridized carbons (Fsp3) is 0. The van der Waals surface area contributed by atoms with Crippen molar-refractivity contribution >= 4 is 33.7 Å². The van der Waals surface area contributed by atoms with Crippen LogP contribution in [-0.4, -0.2) is 20.7 Å². The average Bonchev–Trinajstić information content (AvgIpc) is 2.96. The number of nitrogens with one attached hydrogen (secondary N) is 1. The van der Waals surface area contributed by atoms with Crippen molar-refractivity contribution in [1.82, 2.24) is 14.5 Å². The molecule has 5 aromatic rings. The number of fused-ring (bicyclic) bond motifs is 3.